The van der Waals surface area contributed by atoms with Crippen LogP contribution in [-0.4, -0.2) is 21.0 Å². The molecule has 70 valence electrons. The number of carboxylic acids is 1. The molecule has 5 heteroatoms. The van der Waals surface area contributed by atoms with Gasteiger partial charge in [-0.2, -0.15) is 0 Å². The third-order valence-corrected chi connectivity index (χ3v) is 1.86. The zero-order valence-corrected chi connectivity index (χ0v) is 7.48. The minimum Gasteiger partial charge on any atom is -0.480 e. The van der Waals surface area contributed by atoms with E-state index in [1.54, 1.807) is 13.8 Å². The quantitative estimate of drug-likeness (QED) is 0.679. The van der Waals surface area contributed by atoms with Crippen molar-refractivity contribution in [3.8, 4) is 0 Å². The molecular weight excluding hydrogens is 170 g/mol. The molecule has 0 bridgehead atoms. The maximum Gasteiger partial charge on any atom is 0.325 e. The largest absolute Gasteiger partial charge is 0.480 e. The zero-order chi connectivity index (χ0) is 10.0. The first kappa shape index (κ1) is 9.60. The van der Waals surface area contributed by atoms with Crippen LogP contribution in [0.5, 0.6) is 0 Å². The Morgan fingerprint density at radius 3 is 2.31 bits per heavy atom. The van der Waals surface area contributed by atoms with E-state index in [1.165, 1.54) is 6.33 Å². The van der Waals surface area contributed by atoms with Crippen LogP contribution < -0.4 is 5.73 Å². The lowest BCUT2D eigenvalue weighted by atomic mass is 10.1. The van der Waals surface area contributed by atoms with Crippen molar-refractivity contribution in [1.29, 1.82) is 0 Å². The number of carbonyl (C=O) groups is 1. The fourth-order valence-electron chi connectivity index (χ4n) is 1.18. The highest BCUT2D eigenvalue weighted by molar-refractivity contribution is 5.75. The first-order chi connectivity index (χ1) is 6.04. The van der Waals surface area contributed by atoms with Crippen LogP contribution in [0.3, 0.4) is 0 Å². The molecule has 3 N–H and O–H groups in total. The third kappa shape index (κ3) is 1.81. The number of nitrogens with two attached hydrogens (primary N) is 1. The molecule has 0 aliphatic carbocycles. The van der Waals surface area contributed by atoms with Gasteiger partial charge in [-0.05, 0) is 13.8 Å². The van der Waals surface area contributed by atoms with E-state index in [9.17, 15) is 4.79 Å². The van der Waals surface area contributed by atoms with Crippen molar-refractivity contribution in [3.63, 3.8) is 0 Å². The van der Waals surface area contributed by atoms with Gasteiger partial charge in [0.1, 0.15) is 12.4 Å². The van der Waals surface area contributed by atoms with Gasteiger partial charge in [-0.1, -0.05) is 0 Å². The van der Waals surface area contributed by atoms with Crippen LogP contribution in [-0.2, 0) is 4.79 Å². The van der Waals surface area contributed by atoms with Gasteiger partial charge in [-0.15, -0.1) is 0 Å². The summed E-state index contributed by atoms with van der Waals surface area (Å²) in [6.45, 7) is 3.43. The van der Waals surface area contributed by atoms with Gasteiger partial charge in [0.05, 0.1) is 0 Å². The van der Waals surface area contributed by atoms with E-state index in [0.717, 1.165) is 0 Å². The van der Waals surface area contributed by atoms with Crippen LogP contribution in [0, 0.1) is 13.8 Å². The van der Waals surface area contributed by atoms with Crippen molar-refractivity contribution in [2.75, 3.05) is 0 Å². The van der Waals surface area contributed by atoms with E-state index < -0.39 is 12.0 Å². The average molecular weight is 181 g/mol. The summed E-state index contributed by atoms with van der Waals surface area (Å²) in [5.41, 5.74) is 7.18. The Labute approximate surface area is 75.6 Å². The summed E-state index contributed by atoms with van der Waals surface area (Å²) in [6, 6.07) is -1.04. The number of rotatable bonds is 2. The molecule has 0 aliphatic heterocycles. The Morgan fingerprint density at radius 1 is 1.46 bits per heavy atom. The third-order valence-electron chi connectivity index (χ3n) is 1.86. The van der Waals surface area contributed by atoms with E-state index in [0.29, 0.717) is 17.0 Å². The van der Waals surface area contributed by atoms with E-state index in [2.05, 4.69) is 9.97 Å². The molecule has 1 rings (SSSR count). The molecule has 1 atom stereocenters. The van der Waals surface area contributed by atoms with E-state index in [4.69, 9.17) is 10.8 Å². The monoisotopic (exact) mass is 181 g/mol. The summed E-state index contributed by atoms with van der Waals surface area (Å²) in [5, 5.41) is 8.70. The fourth-order valence-corrected chi connectivity index (χ4v) is 1.18. The number of hydrogen-bond donors (Lipinski definition) is 2. The molecule has 1 aromatic heterocycles. The summed E-state index contributed by atoms with van der Waals surface area (Å²) >= 11 is 0. The normalized spacial score (nSPS) is 12.5. The van der Waals surface area contributed by atoms with Gasteiger partial charge in [0.25, 0.3) is 0 Å². The fraction of sp³-hybridized carbons (Fsp3) is 0.375. The molecule has 0 aromatic carbocycles. The minimum absolute atomic E-state index is 0.495. The minimum atomic E-state index is -1.07. The van der Waals surface area contributed by atoms with Gasteiger partial charge >= 0.3 is 5.97 Å². The van der Waals surface area contributed by atoms with Crippen LogP contribution in [0.1, 0.15) is 23.0 Å². The van der Waals surface area contributed by atoms with Gasteiger partial charge in [0.15, 0.2) is 0 Å². The standard InChI is InChI=1S/C8H11N3O2/c1-4-6(7(9)8(12)13)5(2)11-3-10-4/h3,7H,9H2,1-2H3,(H,12,13). The number of aliphatic carboxylic acids is 1. The van der Waals surface area contributed by atoms with Crippen LogP contribution in [0.15, 0.2) is 6.33 Å². The maximum atomic E-state index is 10.6. The molecule has 5 nitrogen and oxygen atoms in total. The van der Waals surface area contributed by atoms with Crippen molar-refractivity contribution >= 4 is 5.97 Å². The number of carboxylic acid groups (broad SMARTS) is 1. The van der Waals surface area contributed by atoms with Gasteiger partial charge < -0.3 is 10.8 Å². The summed E-state index contributed by atoms with van der Waals surface area (Å²) in [6.07, 6.45) is 1.39. The highest BCUT2D eigenvalue weighted by Crippen LogP contribution is 2.16. The molecule has 0 aliphatic rings. The van der Waals surface area contributed by atoms with E-state index in [-0.39, 0.29) is 0 Å². The number of hydrogen-bond acceptors (Lipinski definition) is 4. The smallest absolute Gasteiger partial charge is 0.325 e. The number of aryl methyl sites for hydroxylation is 2. The number of nitrogens with zero attached hydrogens (tertiary/aromatic N) is 2. The number of aromatic nitrogens is 2. The molecule has 0 radical (unpaired) electrons. The predicted molar refractivity (Wildman–Crippen MR) is 46.1 cm³/mol. The molecule has 1 unspecified atom stereocenters. The Hall–Kier alpha value is -1.49. The first-order valence-electron chi connectivity index (χ1n) is 3.80. The lowest BCUT2D eigenvalue weighted by Gasteiger charge is -2.11. The zero-order valence-electron chi connectivity index (χ0n) is 7.48. The lowest BCUT2D eigenvalue weighted by molar-refractivity contribution is -0.138. The van der Waals surface area contributed by atoms with Crippen molar-refractivity contribution in [2.24, 2.45) is 5.73 Å². The molecule has 1 heterocycles. The summed E-state index contributed by atoms with van der Waals surface area (Å²) in [7, 11) is 0. The molecule has 0 saturated heterocycles. The Bertz CT molecular complexity index is 318. The van der Waals surface area contributed by atoms with E-state index >= 15 is 0 Å². The van der Waals surface area contributed by atoms with Crippen LogP contribution in [0.4, 0.5) is 0 Å². The Morgan fingerprint density at radius 2 is 1.92 bits per heavy atom. The molecule has 0 spiro atoms. The van der Waals surface area contributed by atoms with Gasteiger partial charge in [0, 0.05) is 17.0 Å². The highest BCUT2D eigenvalue weighted by atomic mass is 16.4. The topological polar surface area (TPSA) is 89.1 Å². The summed E-state index contributed by atoms with van der Waals surface area (Å²) in [4.78, 5) is 18.4. The van der Waals surface area contributed by atoms with Gasteiger partial charge in [-0.3, -0.25) is 4.79 Å². The van der Waals surface area contributed by atoms with Gasteiger partial charge in [-0.25, -0.2) is 9.97 Å². The first-order valence-corrected chi connectivity index (χ1v) is 3.80. The van der Waals surface area contributed by atoms with Crippen LogP contribution in [0.2, 0.25) is 0 Å². The van der Waals surface area contributed by atoms with Crippen LogP contribution >= 0.6 is 0 Å². The molecule has 0 amide bonds. The second kappa shape index (κ2) is 3.49. The van der Waals surface area contributed by atoms with Crippen molar-refractivity contribution in [1.82, 2.24) is 9.97 Å². The second-order valence-corrected chi connectivity index (χ2v) is 2.77. The predicted octanol–water partition coefficient (Wildman–Crippen LogP) is 0.178. The summed E-state index contributed by atoms with van der Waals surface area (Å²) < 4.78 is 0. The Kier molecular flexibility index (Phi) is 2.57. The SMILES string of the molecule is Cc1ncnc(C)c1C(N)C(=O)O. The average Bonchev–Trinajstić information content (AvgIpc) is 2.03. The molecule has 1 aromatic rings. The lowest BCUT2D eigenvalue weighted by Crippen LogP contribution is -2.23. The van der Waals surface area contributed by atoms with Crippen molar-refractivity contribution in [3.05, 3.63) is 23.3 Å². The van der Waals surface area contributed by atoms with Gasteiger partial charge in [0.2, 0.25) is 0 Å². The second-order valence-electron chi connectivity index (χ2n) is 2.77. The highest BCUT2D eigenvalue weighted by Gasteiger charge is 2.19. The Balaban J connectivity index is 3.20. The van der Waals surface area contributed by atoms with Crippen LogP contribution in [0.25, 0.3) is 0 Å². The summed E-state index contributed by atoms with van der Waals surface area (Å²) in [5.74, 6) is -1.07. The van der Waals surface area contributed by atoms with E-state index in [1.807, 2.05) is 0 Å². The molecule has 0 saturated carbocycles. The molecular formula is C8H11N3O2. The molecule has 0 fully saturated rings. The molecule has 13 heavy (non-hydrogen) atoms. The van der Waals surface area contributed by atoms with Crippen molar-refractivity contribution < 1.29 is 9.90 Å². The maximum absolute atomic E-state index is 10.6. The van der Waals surface area contributed by atoms with Crippen molar-refractivity contribution in [2.45, 2.75) is 19.9 Å².